The Bertz CT molecular complexity index is 1230. The van der Waals surface area contributed by atoms with Gasteiger partial charge in [0.2, 0.25) is 0 Å². The lowest BCUT2D eigenvalue weighted by Gasteiger charge is -2.12. The van der Waals surface area contributed by atoms with Gasteiger partial charge in [0.25, 0.3) is 5.91 Å². The van der Waals surface area contributed by atoms with Crippen molar-refractivity contribution < 1.29 is 32.6 Å². The van der Waals surface area contributed by atoms with Gasteiger partial charge < -0.3 is 15.2 Å². The molecule has 35 heavy (non-hydrogen) atoms. The molecule has 0 radical (unpaired) electrons. The van der Waals surface area contributed by atoms with E-state index in [1.807, 2.05) is 37.3 Å². The van der Waals surface area contributed by atoms with E-state index < -0.39 is 23.6 Å². The van der Waals surface area contributed by atoms with Crippen LogP contribution in [0.4, 0.5) is 13.2 Å². The average Bonchev–Trinajstić information content (AvgIpc) is 2.78. The van der Waals surface area contributed by atoms with E-state index in [0.717, 1.165) is 34.9 Å². The zero-order valence-corrected chi connectivity index (χ0v) is 19.5. The number of nitrogens with one attached hydrogen (secondary N) is 1. The van der Waals surface area contributed by atoms with Crippen LogP contribution in [0.2, 0.25) is 5.02 Å². The van der Waals surface area contributed by atoms with Crippen LogP contribution in [0.15, 0.2) is 60.7 Å². The van der Waals surface area contributed by atoms with Gasteiger partial charge in [0, 0.05) is 13.0 Å². The second-order valence-electron chi connectivity index (χ2n) is 7.93. The minimum absolute atomic E-state index is 0.0288. The number of amides is 1. The summed E-state index contributed by atoms with van der Waals surface area (Å²) >= 11 is 5.87. The molecule has 0 aromatic heterocycles. The molecule has 0 unspecified atom stereocenters. The van der Waals surface area contributed by atoms with E-state index in [2.05, 4.69) is 5.32 Å². The second-order valence-corrected chi connectivity index (χ2v) is 8.34. The van der Waals surface area contributed by atoms with Crippen molar-refractivity contribution in [2.45, 2.75) is 32.4 Å². The van der Waals surface area contributed by atoms with Crippen LogP contribution in [0.5, 0.6) is 11.5 Å². The highest BCUT2D eigenvalue weighted by Gasteiger charge is 2.31. The number of alkyl halides is 3. The van der Waals surface area contributed by atoms with Gasteiger partial charge in [-0.25, -0.2) is 0 Å². The van der Waals surface area contributed by atoms with Gasteiger partial charge in [-0.3, -0.25) is 9.59 Å². The number of aliphatic carboxylic acids is 1. The van der Waals surface area contributed by atoms with Gasteiger partial charge in [0.1, 0.15) is 11.5 Å². The van der Waals surface area contributed by atoms with Gasteiger partial charge in [-0.2, -0.15) is 13.2 Å². The lowest BCUT2D eigenvalue weighted by atomic mass is 10.0. The number of hydrogen-bond donors (Lipinski definition) is 2. The highest BCUT2D eigenvalue weighted by molar-refractivity contribution is 6.33. The van der Waals surface area contributed by atoms with Crippen molar-refractivity contribution in [2.24, 2.45) is 0 Å². The van der Waals surface area contributed by atoms with Crippen molar-refractivity contribution >= 4 is 23.5 Å². The summed E-state index contributed by atoms with van der Waals surface area (Å²) in [4.78, 5) is 23.1. The number of ether oxygens (including phenoxy) is 1. The van der Waals surface area contributed by atoms with E-state index in [1.54, 1.807) is 12.1 Å². The van der Waals surface area contributed by atoms with Crippen LogP contribution >= 0.6 is 11.6 Å². The van der Waals surface area contributed by atoms with Crippen LogP contribution in [0.25, 0.3) is 0 Å². The van der Waals surface area contributed by atoms with E-state index in [-0.39, 0.29) is 23.6 Å². The fraction of sp³-hybridized carbons (Fsp3) is 0.231. The SMILES string of the molecule is Cc1cc(Oc2cccc(CCNC(=O)c3ccc(C(F)(F)F)cc3Cl)c2)ccc1CCC(=O)O. The van der Waals surface area contributed by atoms with Crippen molar-refractivity contribution in [1.29, 1.82) is 0 Å². The number of carboxylic acid groups (broad SMARTS) is 1. The number of hydrogen-bond acceptors (Lipinski definition) is 3. The number of carbonyl (C=O) groups is 2. The van der Waals surface area contributed by atoms with Crippen molar-refractivity contribution in [3.05, 3.63) is 93.5 Å². The standard InChI is InChI=1S/C26H23ClF3NO4/c1-16-13-21(8-5-18(16)6-10-24(32)33)35-20-4-2-3-17(14-20)11-12-31-25(34)22-9-7-19(15-23(22)27)26(28,29)30/h2-5,7-9,13-15H,6,10-12H2,1H3,(H,31,34)(H,32,33). The molecule has 9 heteroatoms. The van der Waals surface area contributed by atoms with Gasteiger partial charge in [-0.05, 0) is 78.9 Å². The Hall–Kier alpha value is -3.52. The summed E-state index contributed by atoms with van der Waals surface area (Å²) in [6.45, 7) is 2.14. The second kappa shape index (κ2) is 11.3. The summed E-state index contributed by atoms with van der Waals surface area (Å²) in [6, 6.07) is 15.4. The number of aryl methyl sites for hydroxylation is 2. The summed E-state index contributed by atoms with van der Waals surface area (Å²) in [5.74, 6) is -0.198. The van der Waals surface area contributed by atoms with E-state index >= 15 is 0 Å². The lowest BCUT2D eigenvalue weighted by Crippen LogP contribution is -2.26. The summed E-state index contributed by atoms with van der Waals surface area (Å²) in [5, 5.41) is 11.2. The first-order chi connectivity index (χ1) is 16.5. The quantitative estimate of drug-likeness (QED) is 0.350. The van der Waals surface area contributed by atoms with Crippen LogP contribution in [0.3, 0.4) is 0 Å². The van der Waals surface area contributed by atoms with Crippen molar-refractivity contribution in [2.75, 3.05) is 6.54 Å². The fourth-order valence-corrected chi connectivity index (χ4v) is 3.71. The molecule has 0 aliphatic carbocycles. The summed E-state index contributed by atoms with van der Waals surface area (Å²) < 4.78 is 44.2. The molecule has 5 nitrogen and oxygen atoms in total. The smallest absolute Gasteiger partial charge is 0.416 e. The molecule has 1 amide bonds. The Labute approximate surface area is 205 Å². The van der Waals surface area contributed by atoms with Gasteiger partial charge in [0.05, 0.1) is 16.1 Å². The molecule has 2 N–H and O–H groups in total. The third-order valence-corrected chi connectivity index (χ3v) is 5.61. The number of carboxylic acids is 1. The molecule has 0 aliphatic heterocycles. The Morgan fingerprint density at radius 2 is 1.74 bits per heavy atom. The molecule has 0 heterocycles. The molecular formula is C26H23ClF3NO4. The maximum atomic E-state index is 12.8. The predicted octanol–water partition coefficient (Wildman–Crippen LogP) is 6.45. The van der Waals surface area contributed by atoms with E-state index in [0.29, 0.717) is 24.3 Å². The Morgan fingerprint density at radius 1 is 1.00 bits per heavy atom. The van der Waals surface area contributed by atoms with Crippen LogP contribution in [-0.4, -0.2) is 23.5 Å². The number of carbonyl (C=O) groups excluding carboxylic acids is 1. The van der Waals surface area contributed by atoms with E-state index in [9.17, 15) is 22.8 Å². The van der Waals surface area contributed by atoms with Gasteiger partial charge in [-0.1, -0.05) is 29.8 Å². The Kier molecular flexibility index (Phi) is 8.40. The molecular weight excluding hydrogens is 483 g/mol. The normalized spacial score (nSPS) is 11.2. The molecule has 0 aliphatic rings. The van der Waals surface area contributed by atoms with Crippen LogP contribution in [0.1, 0.15) is 39.0 Å². The molecule has 3 aromatic carbocycles. The maximum Gasteiger partial charge on any atom is 0.416 e. The first-order valence-corrected chi connectivity index (χ1v) is 11.1. The Balaban J connectivity index is 1.57. The topological polar surface area (TPSA) is 75.6 Å². The van der Waals surface area contributed by atoms with Crippen LogP contribution < -0.4 is 10.1 Å². The average molecular weight is 506 g/mol. The minimum atomic E-state index is -4.53. The third-order valence-electron chi connectivity index (χ3n) is 5.30. The monoisotopic (exact) mass is 505 g/mol. The number of benzene rings is 3. The first kappa shape index (κ1) is 26.1. The lowest BCUT2D eigenvalue weighted by molar-refractivity contribution is -0.138. The highest BCUT2D eigenvalue weighted by Crippen LogP contribution is 2.32. The Morgan fingerprint density at radius 3 is 2.40 bits per heavy atom. The molecule has 3 aromatic rings. The summed E-state index contributed by atoms with van der Waals surface area (Å²) in [5.41, 5.74) is 1.82. The van der Waals surface area contributed by atoms with Crippen molar-refractivity contribution in [1.82, 2.24) is 5.32 Å². The zero-order chi connectivity index (χ0) is 25.6. The number of rotatable bonds is 9. The van der Waals surface area contributed by atoms with Crippen molar-refractivity contribution in [3.63, 3.8) is 0 Å². The van der Waals surface area contributed by atoms with Gasteiger partial charge >= 0.3 is 12.1 Å². The molecule has 0 saturated heterocycles. The molecule has 0 bridgehead atoms. The van der Waals surface area contributed by atoms with Crippen molar-refractivity contribution in [3.8, 4) is 11.5 Å². The number of halogens is 4. The predicted molar refractivity (Wildman–Crippen MR) is 126 cm³/mol. The molecule has 0 spiro atoms. The maximum absolute atomic E-state index is 12.8. The zero-order valence-electron chi connectivity index (χ0n) is 18.8. The summed E-state index contributed by atoms with van der Waals surface area (Å²) in [7, 11) is 0. The molecule has 0 saturated carbocycles. The largest absolute Gasteiger partial charge is 0.481 e. The molecule has 184 valence electrons. The van der Waals surface area contributed by atoms with Crippen LogP contribution in [0, 0.1) is 6.92 Å². The summed E-state index contributed by atoms with van der Waals surface area (Å²) in [6.07, 6.45) is -3.56. The molecule has 0 fully saturated rings. The first-order valence-electron chi connectivity index (χ1n) is 10.8. The van der Waals surface area contributed by atoms with Gasteiger partial charge in [-0.15, -0.1) is 0 Å². The minimum Gasteiger partial charge on any atom is -0.481 e. The van der Waals surface area contributed by atoms with E-state index in [1.165, 1.54) is 0 Å². The van der Waals surface area contributed by atoms with Crippen LogP contribution in [-0.2, 0) is 23.8 Å². The van der Waals surface area contributed by atoms with Gasteiger partial charge in [0.15, 0.2) is 0 Å². The molecule has 0 atom stereocenters. The third kappa shape index (κ3) is 7.48. The van der Waals surface area contributed by atoms with E-state index in [4.69, 9.17) is 21.4 Å². The highest BCUT2D eigenvalue weighted by atomic mass is 35.5. The fourth-order valence-electron chi connectivity index (χ4n) is 3.45. The molecule has 3 rings (SSSR count).